The lowest BCUT2D eigenvalue weighted by atomic mass is 9.91. The van der Waals surface area contributed by atoms with E-state index in [2.05, 4.69) is 23.5 Å². The van der Waals surface area contributed by atoms with Crippen LogP contribution < -0.4 is 5.01 Å². The van der Waals surface area contributed by atoms with Gasteiger partial charge in [-0.05, 0) is 36.6 Å². The maximum absolute atomic E-state index is 13.3. The molecule has 1 aliphatic rings. The molecule has 0 spiro atoms. The Morgan fingerprint density at radius 2 is 1.89 bits per heavy atom. The lowest BCUT2D eigenvalue weighted by Crippen LogP contribution is -2.56. The number of hydrogen-bond acceptors (Lipinski definition) is 5. The van der Waals surface area contributed by atoms with E-state index in [0.717, 1.165) is 0 Å². The van der Waals surface area contributed by atoms with Crippen LogP contribution in [-0.2, 0) is 16.0 Å². The van der Waals surface area contributed by atoms with Crippen LogP contribution in [0.3, 0.4) is 0 Å². The fourth-order valence-corrected chi connectivity index (χ4v) is 2.78. The largest absolute Gasteiger partial charge is 0.481 e. The quantitative estimate of drug-likeness (QED) is 0.684. The highest BCUT2D eigenvalue weighted by Crippen LogP contribution is 2.44. The number of hydrogen-bond donors (Lipinski definition) is 2. The number of aliphatic carboxylic acids is 2. The van der Waals surface area contributed by atoms with Gasteiger partial charge in [0.25, 0.3) is 0 Å². The Kier molecular flexibility index (Phi) is 5.62. The predicted molar refractivity (Wildman–Crippen MR) is 93.8 cm³/mol. The van der Waals surface area contributed by atoms with Crippen molar-refractivity contribution in [1.29, 1.82) is 0 Å². The van der Waals surface area contributed by atoms with Crippen LogP contribution in [-0.4, -0.2) is 39.9 Å². The molecule has 1 aromatic carbocycles. The summed E-state index contributed by atoms with van der Waals surface area (Å²) in [4.78, 5) is 22.8. The number of alkyl halides is 3. The number of allylic oxidation sites excluding steroid dienone is 1. The minimum absolute atomic E-state index is 0.0855. The molecular formula is C18H18F3N3O4. The minimum Gasteiger partial charge on any atom is -0.481 e. The zero-order chi connectivity index (χ0) is 21.3. The third-order valence-corrected chi connectivity index (χ3v) is 4.58. The third-order valence-electron chi connectivity index (χ3n) is 4.58. The van der Waals surface area contributed by atoms with E-state index in [1.165, 1.54) is 30.3 Å². The normalized spacial score (nSPS) is 22.7. The van der Waals surface area contributed by atoms with E-state index in [1.807, 2.05) is 0 Å². The lowest BCUT2D eigenvalue weighted by molar-refractivity contribution is -0.189. The van der Waals surface area contributed by atoms with Crippen molar-refractivity contribution in [3.05, 3.63) is 54.6 Å². The van der Waals surface area contributed by atoms with Gasteiger partial charge < -0.3 is 10.2 Å². The fourth-order valence-electron chi connectivity index (χ4n) is 2.78. The van der Waals surface area contributed by atoms with Crippen molar-refractivity contribution >= 4 is 17.6 Å². The zero-order valence-corrected chi connectivity index (χ0v) is 14.8. The highest BCUT2D eigenvalue weighted by atomic mass is 19.4. The SMILES string of the molecule is C=CC(=C)[C@@H](Cc1ccc(N2N=NC(C)(C(F)(F)F)C2C(=O)O)cc1)C(=O)O. The van der Waals surface area contributed by atoms with E-state index >= 15 is 0 Å². The van der Waals surface area contributed by atoms with Crippen LogP contribution in [0.2, 0.25) is 0 Å². The Balaban J connectivity index is 2.29. The predicted octanol–water partition coefficient (Wildman–Crippen LogP) is 3.63. The first-order valence-corrected chi connectivity index (χ1v) is 8.07. The van der Waals surface area contributed by atoms with Gasteiger partial charge in [-0.3, -0.25) is 4.79 Å². The van der Waals surface area contributed by atoms with Gasteiger partial charge in [0.2, 0.25) is 5.54 Å². The summed E-state index contributed by atoms with van der Waals surface area (Å²) >= 11 is 0. The summed E-state index contributed by atoms with van der Waals surface area (Å²) in [6.07, 6.45) is -3.48. The second-order valence-electron chi connectivity index (χ2n) is 6.46. The monoisotopic (exact) mass is 397 g/mol. The van der Waals surface area contributed by atoms with Crippen molar-refractivity contribution in [2.45, 2.75) is 31.1 Å². The number of halogens is 3. The van der Waals surface area contributed by atoms with Gasteiger partial charge in [-0.2, -0.15) is 18.3 Å². The molecule has 1 heterocycles. The van der Waals surface area contributed by atoms with Crippen LogP contribution >= 0.6 is 0 Å². The molecule has 150 valence electrons. The maximum Gasteiger partial charge on any atom is 0.417 e. The average molecular weight is 397 g/mol. The van der Waals surface area contributed by atoms with Gasteiger partial charge in [-0.25, -0.2) is 9.80 Å². The number of carbonyl (C=O) groups is 2. The molecule has 2 N–H and O–H groups in total. The summed E-state index contributed by atoms with van der Waals surface area (Å²) in [6, 6.07) is 3.63. The van der Waals surface area contributed by atoms with E-state index < -0.39 is 35.6 Å². The van der Waals surface area contributed by atoms with Crippen molar-refractivity contribution < 1.29 is 33.0 Å². The minimum atomic E-state index is -4.91. The highest BCUT2D eigenvalue weighted by molar-refractivity contribution is 5.81. The molecule has 0 aliphatic carbocycles. The van der Waals surface area contributed by atoms with Gasteiger partial charge in [-0.15, -0.1) is 0 Å². The first-order chi connectivity index (χ1) is 12.9. The van der Waals surface area contributed by atoms with E-state index in [1.54, 1.807) is 0 Å². The summed E-state index contributed by atoms with van der Waals surface area (Å²) < 4.78 is 40.0. The Hall–Kier alpha value is -3.17. The average Bonchev–Trinajstić information content (AvgIpc) is 2.98. The first kappa shape index (κ1) is 21.1. The smallest absolute Gasteiger partial charge is 0.417 e. The molecule has 0 fully saturated rings. The molecule has 1 aromatic rings. The Bertz CT molecular complexity index is 835. The van der Waals surface area contributed by atoms with Crippen molar-refractivity contribution in [2.24, 2.45) is 16.3 Å². The van der Waals surface area contributed by atoms with E-state index in [-0.39, 0.29) is 12.1 Å². The molecule has 28 heavy (non-hydrogen) atoms. The molecule has 7 nitrogen and oxygen atoms in total. The van der Waals surface area contributed by atoms with Gasteiger partial charge >= 0.3 is 18.1 Å². The lowest BCUT2D eigenvalue weighted by Gasteiger charge is -2.30. The molecular weight excluding hydrogens is 379 g/mol. The molecule has 10 heteroatoms. The Morgan fingerprint density at radius 3 is 2.32 bits per heavy atom. The van der Waals surface area contributed by atoms with Crippen LogP contribution in [0.15, 0.2) is 59.4 Å². The molecule has 0 saturated heterocycles. The van der Waals surface area contributed by atoms with Crippen LogP contribution in [0.25, 0.3) is 0 Å². The fraction of sp³-hybridized carbons (Fsp3) is 0.333. The molecule has 2 unspecified atom stereocenters. The summed E-state index contributed by atoms with van der Waals surface area (Å²) in [6.45, 7) is 7.79. The molecule has 0 saturated carbocycles. The van der Waals surface area contributed by atoms with Crippen molar-refractivity contribution in [3.63, 3.8) is 0 Å². The Morgan fingerprint density at radius 1 is 1.32 bits per heavy atom. The van der Waals surface area contributed by atoms with E-state index in [9.17, 15) is 33.0 Å². The third kappa shape index (κ3) is 3.75. The molecule has 0 radical (unpaired) electrons. The Labute approximate surface area is 158 Å². The van der Waals surface area contributed by atoms with Gasteiger partial charge in [-0.1, -0.05) is 36.6 Å². The van der Waals surface area contributed by atoms with Gasteiger partial charge in [0.05, 0.1) is 11.6 Å². The van der Waals surface area contributed by atoms with Gasteiger partial charge in [0.15, 0.2) is 6.04 Å². The number of benzene rings is 1. The van der Waals surface area contributed by atoms with Gasteiger partial charge in [0.1, 0.15) is 0 Å². The number of nitrogens with zero attached hydrogens (tertiary/aromatic N) is 3. The molecule has 1 aliphatic heterocycles. The number of anilines is 1. The first-order valence-electron chi connectivity index (χ1n) is 8.07. The van der Waals surface area contributed by atoms with Crippen LogP contribution in [0.1, 0.15) is 12.5 Å². The van der Waals surface area contributed by atoms with Crippen LogP contribution in [0.4, 0.5) is 18.9 Å². The van der Waals surface area contributed by atoms with Crippen molar-refractivity contribution in [1.82, 2.24) is 0 Å². The summed E-state index contributed by atoms with van der Waals surface area (Å²) in [5.41, 5.74) is -1.92. The van der Waals surface area contributed by atoms with E-state index in [0.29, 0.717) is 23.1 Å². The maximum atomic E-state index is 13.3. The second-order valence-corrected chi connectivity index (χ2v) is 6.46. The zero-order valence-electron chi connectivity index (χ0n) is 14.8. The van der Waals surface area contributed by atoms with Crippen molar-refractivity contribution in [3.8, 4) is 0 Å². The van der Waals surface area contributed by atoms with Crippen LogP contribution in [0, 0.1) is 5.92 Å². The summed E-state index contributed by atoms with van der Waals surface area (Å²) in [7, 11) is 0. The van der Waals surface area contributed by atoms with Crippen LogP contribution in [0.5, 0.6) is 0 Å². The topological polar surface area (TPSA) is 103 Å². The number of rotatable bonds is 7. The molecule has 0 aromatic heterocycles. The highest BCUT2D eigenvalue weighted by Gasteiger charge is 2.64. The van der Waals surface area contributed by atoms with Crippen molar-refractivity contribution in [2.75, 3.05) is 5.01 Å². The summed E-state index contributed by atoms with van der Waals surface area (Å²) in [5.74, 6) is -3.72. The summed E-state index contributed by atoms with van der Waals surface area (Å²) in [5, 5.41) is 25.9. The molecule has 0 amide bonds. The standard InChI is InChI=1S/C18H18F3N3O4/c1-4-10(2)13(15(25)26)9-11-5-7-12(8-6-11)24-14(16(27)28)17(3,22-23-24)18(19,20)21/h4-8,13-14H,1-2,9H2,3H3,(H,25,26)(H,27,28)/t13-,14?,17?/m1/s1. The molecule has 2 rings (SSSR count). The molecule has 0 bridgehead atoms. The van der Waals surface area contributed by atoms with E-state index in [4.69, 9.17) is 0 Å². The number of carboxylic acid groups (broad SMARTS) is 2. The number of carboxylic acids is 2. The van der Waals surface area contributed by atoms with Gasteiger partial charge in [0, 0.05) is 0 Å². The molecule has 3 atom stereocenters. The second kappa shape index (κ2) is 7.45.